The number of hydrogen-bond donors (Lipinski definition) is 4. The quantitative estimate of drug-likeness (QED) is 0.222. The summed E-state index contributed by atoms with van der Waals surface area (Å²) in [7, 11) is 0. The molecule has 0 saturated carbocycles. The Morgan fingerprint density at radius 2 is 1.89 bits per heavy atom. The molecule has 0 aliphatic carbocycles. The van der Waals surface area contributed by atoms with E-state index in [1.165, 1.54) is 30.3 Å². The van der Waals surface area contributed by atoms with E-state index < -0.39 is 53.9 Å². The van der Waals surface area contributed by atoms with Crippen LogP contribution in [-0.4, -0.2) is 71.1 Å². The number of nitrogens with one attached hydrogen (secondary N) is 2. The Hall–Kier alpha value is -4.09. The predicted molar refractivity (Wildman–Crippen MR) is 134 cm³/mol. The fraction of sp³-hybridized carbons (Fsp3) is 0.480. The monoisotopic (exact) mass is 520 g/mol. The number of phenolic OH excluding ortho intramolecular Hbond substituents is 1. The third kappa shape index (κ3) is 11.0. The summed E-state index contributed by atoms with van der Waals surface area (Å²) in [6, 6.07) is 2.90. The number of amides is 4. The van der Waals surface area contributed by atoms with Gasteiger partial charge in [-0.2, -0.15) is 0 Å². The number of nitrogens with two attached hydrogens (primary N) is 1. The minimum Gasteiger partial charge on any atom is -0.508 e. The highest BCUT2D eigenvalue weighted by atomic mass is 16.6. The Bertz CT molecular complexity index is 989. The molecule has 5 N–H and O–H groups in total. The lowest BCUT2D eigenvalue weighted by molar-refractivity contribution is -0.144. The van der Waals surface area contributed by atoms with E-state index in [9.17, 15) is 29.1 Å². The number of esters is 1. The lowest BCUT2D eigenvalue weighted by atomic mass is 10.0. The Balaban J connectivity index is 3.36. The van der Waals surface area contributed by atoms with Gasteiger partial charge in [0.2, 0.25) is 17.7 Å². The number of carbonyl (C=O) groups is 5. The van der Waals surface area contributed by atoms with Gasteiger partial charge in [-0.15, -0.1) is 6.58 Å². The van der Waals surface area contributed by atoms with E-state index in [0.717, 1.165) is 4.90 Å². The van der Waals surface area contributed by atoms with E-state index in [2.05, 4.69) is 17.2 Å². The molecular weight excluding hydrogens is 484 g/mol. The van der Waals surface area contributed by atoms with Crippen molar-refractivity contribution in [3.05, 3.63) is 42.5 Å². The van der Waals surface area contributed by atoms with Crippen molar-refractivity contribution >= 4 is 29.8 Å². The van der Waals surface area contributed by atoms with Crippen LogP contribution in [-0.2, 0) is 28.7 Å². The number of nitrogens with zero attached hydrogens (tertiary/aromatic N) is 1. The molecule has 2 unspecified atom stereocenters. The Kier molecular flexibility index (Phi) is 12.1. The number of ether oxygens (including phenoxy) is 2. The molecule has 1 aromatic rings. The summed E-state index contributed by atoms with van der Waals surface area (Å²) in [5, 5.41) is 14.9. The molecule has 1 rings (SSSR count). The van der Waals surface area contributed by atoms with Crippen LogP contribution in [0.2, 0.25) is 0 Å². The number of hydrogen-bond acceptors (Lipinski definition) is 8. The highest BCUT2D eigenvalue weighted by Gasteiger charge is 2.36. The molecule has 0 bridgehead atoms. The first kappa shape index (κ1) is 30.9. The van der Waals surface area contributed by atoms with Crippen molar-refractivity contribution in [1.29, 1.82) is 0 Å². The van der Waals surface area contributed by atoms with Crippen LogP contribution >= 0.6 is 0 Å². The number of carbonyl (C=O) groups excluding carboxylic acids is 5. The Morgan fingerprint density at radius 1 is 1.22 bits per heavy atom. The minimum atomic E-state index is -1.46. The molecule has 0 radical (unpaired) electrons. The molecule has 204 valence electrons. The third-order valence-corrected chi connectivity index (χ3v) is 4.68. The van der Waals surface area contributed by atoms with Gasteiger partial charge in [-0.3, -0.25) is 19.2 Å². The van der Waals surface area contributed by atoms with Crippen molar-refractivity contribution in [2.45, 2.75) is 58.2 Å². The van der Waals surface area contributed by atoms with Gasteiger partial charge in [0.05, 0.1) is 19.4 Å². The maximum absolute atomic E-state index is 13.6. The second-order valence-electron chi connectivity index (χ2n) is 8.99. The Morgan fingerprint density at radius 3 is 2.43 bits per heavy atom. The minimum absolute atomic E-state index is 0.0794. The van der Waals surface area contributed by atoms with Gasteiger partial charge in [0, 0.05) is 13.1 Å². The molecule has 12 nitrogen and oxygen atoms in total. The van der Waals surface area contributed by atoms with Crippen LogP contribution in [0, 0.1) is 0 Å². The van der Waals surface area contributed by atoms with Crippen LogP contribution in [0.3, 0.4) is 0 Å². The summed E-state index contributed by atoms with van der Waals surface area (Å²) in [5.41, 5.74) is 4.67. The summed E-state index contributed by atoms with van der Waals surface area (Å²) in [6.45, 7) is 10.1. The van der Waals surface area contributed by atoms with Gasteiger partial charge in [-0.05, 0) is 45.4 Å². The normalized spacial score (nSPS) is 12.4. The lowest BCUT2D eigenvalue weighted by Gasteiger charge is -2.33. The number of benzene rings is 1. The van der Waals surface area contributed by atoms with Crippen molar-refractivity contribution in [3.8, 4) is 5.75 Å². The van der Waals surface area contributed by atoms with Gasteiger partial charge in [0.15, 0.2) is 0 Å². The standard InChI is InChI=1S/C25H36N4O8/c1-6-13-29(23(34)18(15-19(26)31)28-24(35)37-25(3,4)5)21(16-9-8-10-17(30)14-16)22(33)27-12-11-20(32)36-7-2/h6,8-10,14,18,21,30H,1,7,11-13,15H2,2-5H3,(H2,26,31)(H,27,33)(H,28,35). The summed E-state index contributed by atoms with van der Waals surface area (Å²) < 4.78 is 10.0. The highest BCUT2D eigenvalue weighted by molar-refractivity contribution is 5.94. The molecule has 0 spiro atoms. The third-order valence-electron chi connectivity index (χ3n) is 4.68. The molecule has 0 fully saturated rings. The summed E-state index contributed by atoms with van der Waals surface area (Å²) >= 11 is 0. The summed E-state index contributed by atoms with van der Waals surface area (Å²) in [4.78, 5) is 63.8. The van der Waals surface area contributed by atoms with Crippen molar-refractivity contribution in [2.75, 3.05) is 19.7 Å². The van der Waals surface area contributed by atoms with Gasteiger partial charge >= 0.3 is 12.1 Å². The molecule has 2 atom stereocenters. The average Bonchev–Trinajstić information content (AvgIpc) is 2.76. The van der Waals surface area contributed by atoms with E-state index in [0.29, 0.717) is 0 Å². The maximum atomic E-state index is 13.6. The van der Waals surface area contributed by atoms with Crippen molar-refractivity contribution in [3.63, 3.8) is 0 Å². The lowest BCUT2D eigenvalue weighted by Crippen LogP contribution is -2.54. The number of phenols is 1. The van der Waals surface area contributed by atoms with Gasteiger partial charge < -0.3 is 35.8 Å². The van der Waals surface area contributed by atoms with Crippen LogP contribution in [0.25, 0.3) is 0 Å². The smallest absolute Gasteiger partial charge is 0.408 e. The van der Waals surface area contributed by atoms with Crippen molar-refractivity contribution in [2.24, 2.45) is 5.73 Å². The van der Waals surface area contributed by atoms with E-state index in [-0.39, 0.29) is 37.4 Å². The molecule has 1 aromatic carbocycles. The summed E-state index contributed by atoms with van der Waals surface area (Å²) in [6.07, 6.45) is -0.276. The second-order valence-corrected chi connectivity index (χ2v) is 8.99. The molecule has 0 aromatic heterocycles. The highest BCUT2D eigenvalue weighted by Crippen LogP contribution is 2.26. The van der Waals surface area contributed by atoms with Gasteiger partial charge in [0.25, 0.3) is 0 Å². The van der Waals surface area contributed by atoms with E-state index in [1.54, 1.807) is 27.7 Å². The molecular formula is C25H36N4O8. The SMILES string of the molecule is C=CCN(C(=O)C(CC(N)=O)NC(=O)OC(C)(C)C)C(C(=O)NCCC(=O)OCC)c1cccc(O)c1. The van der Waals surface area contributed by atoms with Crippen molar-refractivity contribution < 1.29 is 38.6 Å². The molecule has 0 heterocycles. The first-order chi connectivity index (χ1) is 17.3. The van der Waals surface area contributed by atoms with E-state index in [1.807, 2.05) is 0 Å². The number of rotatable bonds is 13. The van der Waals surface area contributed by atoms with Crippen molar-refractivity contribution in [1.82, 2.24) is 15.5 Å². The maximum Gasteiger partial charge on any atom is 0.408 e. The van der Waals surface area contributed by atoms with Crippen LogP contribution in [0.1, 0.15) is 52.1 Å². The molecule has 12 heteroatoms. The average molecular weight is 521 g/mol. The van der Waals surface area contributed by atoms with E-state index >= 15 is 0 Å². The first-order valence-electron chi connectivity index (χ1n) is 11.7. The van der Waals surface area contributed by atoms with Crippen LogP contribution in [0.15, 0.2) is 36.9 Å². The van der Waals surface area contributed by atoms with Crippen LogP contribution in [0.5, 0.6) is 5.75 Å². The largest absolute Gasteiger partial charge is 0.508 e. The zero-order valence-electron chi connectivity index (χ0n) is 21.6. The zero-order chi connectivity index (χ0) is 28.2. The number of alkyl carbamates (subject to hydrolysis) is 1. The molecule has 0 saturated heterocycles. The van der Waals surface area contributed by atoms with Crippen LogP contribution in [0.4, 0.5) is 4.79 Å². The Labute approximate surface area is 216 Å². The molecule has 0 aliphatic heterocycles. The van der Waals surface area contributed by atoms with Gasteiger partial charge in [-0.1, -0.05) is 18.2 Å². The predicted octanol–water partition coefficient (Wildman–Crippen LogP) is 1.29. The number of aromatic hydroxyl groups is 1. The van der Waals surface area contributed by atoms with Gasteiger partial charge in [0.1, 0.15) is 23.4 Å². The summed E-state index contributed by atoms with van der Waals surface area (Å²) in [5.74, 6) is -3.05. The topological polar surface area (TPSA) is 177 Å². The number of primary amides is 1. The fourth-order valence-electron chi connectivity index (χ4n) is 3.30. The first-order valence-corrected chi connectivity index (χ1v) is 11.7. The second kappa shape index (κ2) is 14.5. The molecule has 4 amide bonds. The van der Waals surface area contributed by atoms with Gasteiger partial charge in [-0.25, -0.2) is 4.79 Å². The molecule has 37 heavy (non-hydrogen) atoms. The zero-order valence-corrected chi connectivity index (χ0v) is 21.6. The fourth-order valence-corrected chi connectivity index (χ4v) is 3.30. The van der Waals surface area contributed by atoms with Crippen LogP contribution < -0.4 is 16.4 Å². The van der Waals surface area contributed by atoms with E-state index in [4.69, 9.17) is 15.2 Å². The molecule has 0 aliphatic rings.